The number of likely N-dealkylation sites (N-methyl/N-ethyl adjacent to an activating group) is 2. The Hall–Kier alpha value is -8.30. The predicted octanol–water partition coefficient (Wildman–Crippen LogP) is 6.33. The number of hydrogen-bond acceptors (Lipinski definition) is 16. The number of hydrogen-bond donors (Lipinski definition) is 6. The lowest BCUT2D eigenvalue weighted by Crippen LogP contribution is -2.25. The monoisotopic (exact) mass is 960 g/mol. The summed E-state index contributed by atoms with van der Waals surface area (Å²) in [7, 11) is 3.31. The number of halogens is 2. The number of anilines is 6. The lowest BCUT2D eigenvalue weighted by molar-refractivity contribution is -0.127. The summed E-state index contributed by atoms with van der Waals surface area (Å²) in [6.45, 7) is 6.93. The molecular formula is C48H50F2N12O8. The minimum absolute atomic E-state index is 0.0457. The molecule has 2 aromatic carbocycles. The van der Waals surface area contributed by atoms with E-state index in [1.807, 2.05) is 13.8 Å². The second-order valence-corrected chi connectivity index (χ2v) is 17.1. The molecule has 22 heteroatoms. The van der Waals surface area contributed by atoms with Gasteiger partial charge in [0.25, 0.3) is 0 Å². The summed E-state index contributed by atoms with van der Waals surface area (Å²) in [6.07, 6.45) is 5.03. The number of benzene rings is 2. The third-order valence-corrected chi connectivity index (χ3v) is 12.5. The molecule has 2 atom stereocenters. The van der Waals surface area contributed by atoms with Crippen molar-refractivity contribution in [2.24, 2.45) is 0 Å². The Kier molecular flexibility index (Phi) is 12.9. The molecule has 0 bridgehead atoms. The van der Waals surface area contributed by atoms with E-state index >= 15 is 8.78 Å². The molecule has 4 aliphatic heterocycles. The molecule has 8 heterocycles. The first-order chi connectivity index (χ1) is 33.7. The van der Waals surface area contributed by atoms with E-state index in [2.05, 4.69) is 41.2 Å². The highest BCUT2D eigenvalue weighted by atomic mass is 19.1. The van der Waals surface area contributed by atoms with Gasteiger partial charge >= 0.3 is 12.2 Å². The van der Waals surface area contributed by atoms with E-state index < -0.39 is 36.0 Å². The van der Waals surface area contributed by atoms with Gasteiger partial charge in [-0.2, -0.15) is 0 Å². The Bertz CT molecular complexity index is 2900. The highest BCUT2D eigenvalue weighted by Gasteiger charge is 2.32. The van der Waals surface area contributed by atoms with E-state index in [4.69, 9.17) is 30.4 Å². The van der Waals surface area contributed by atoms with Crippen LogP contribution in [0.1, 0.15) is 37.8 Å². The lowest BCUT2D eigenvalue weighted by Gasteiger charge is -2.23. The number of pyridine rings is 4. The van der Waals surface area contributed by atoms with Crippen molar-refractivity contribution in [3.05, 3.63) is 71.8 Å². The first-order valence-corrected chi connectivity index (χ1v) is 22.7. The number of rotatable bonds is 8. The van der Waals surface area contributed by atoms with Gasteiger partial charge in [0.15, 0.2) is 11.6 Å². The molecule has 4 aromatic heterocycles. The van der Waals surface area contributed by atoms with E-state index in [0.29, 0.717) is 108 Å². The largest absolute Gasteiger partial charge is 0.474 e. The highest BCUT2D eigenvalue weighted by Crippen LogP contribution is 2.42. The molecule has 364 valence electrons. The predicted molar refractivity (Wildman–Crippen MR) is 258 cm³/mol. The molecule has 0 spiro atoms. The molecule has 0 unspecified atom stereocenters. The molecule has 8 N–H and O–H groups in total. The van der Waals surface area contributed by atoms with Crippen molar-refractivity contribution in [1.29, 1.82) is 0 Å². The Morgan fingerprint density at radius 2 is 1.09 bits per heavy atom. The van der Waals surface area contributed by atoms with Crippen molar-refractivity contribution in [3.63, 3.8) is 0 Å². The first kappa shape index (κ1) is 46.8. The normalized spacial score (nSPS) is 17.1. The summed E-state index contributed by atoms with van der Waals surface area (Å²) in [5.41, 5.74) is 17.3. The maximum absolute atomic E-state index is 15.4. The molecule has 6 aromatic rings. The number of nitrogens with two attached hydrogens (primary N) is 2. The van der Waals surface area contributed by atoms with Gasteiger partial charge in [-0.05, 0) is 59.0 Å². The fourth-order valence-electron chi connectivity index (χ4n) is 8.99. The van der Waals surface area contributed by atoms with Crippen LogP contribution >= 0.6 is 0 Å². The Balaban J connectivity index is 0.000000174. The van der Waals surface area contributed by atoms with Gasteiger partial charge < -0.3 is 50.8 Å². The lowest BCUT2D eigenvalue weighted by atomic mass is 9.95. The molecule has 70 heavy (non-hydrogen) atoms. The van der Waals surface area contributed by atoms with Crippen LogP contribution in [0.4, 0.5) is 52.8 Å². The smallest absolute Gasteiger partial charge is 0.413 e. The van der Waals surface area contributed by atoms with Crippen molar-refractivity contribution < 1.29 is 46.9 Å². The fraction of sp³-hybridized carbons (Fsp3) is 0.333. The maximum atomic E-state index is 15.4. The highest BCUT2D eigenvalue weighted by molar-refractivity contribution is 6.01. The zero-order valence-electron chi connectivity index (χ0n) is 38.7. The summed E-state index contributed by atoms with van der Waals surface area (Å²) >= 11 is 0. The van der Waals surface area contributed by atoms with E-state index in [1.165, 1.54) is 22.2 Å². The second kappa shape index (κ2) is 19.4. The van der Waals surface area contributed by atoms with Crippen LogP contribution in [-0.4, -0.2) is 119 Å². The van der Waals surface area contributed by atoms with Gasteiger partial charge in [0.1, 0.15) is 48.4 Å². The maximum Gasteiger partial charge on any atom is 0.413 e. The Labute approximate surface area is 399 Å². The molecule has 10 rings (SSSR count). The molecule has 0 saturated carbocycles. The number of amides is 4. The minimum atomic E-state index is -0.724. The van der Waals surface area contributed by atoms with Crippen molar-refractivity contribution >= 4 is 79.9 Å². The van der Waals surface area contributed by atoms with Gasteiger partial charge in [-0.3, -0.25) is 20.2 Å². The van der Waals surface area contributed by atoms with Gasteiger partial charge in [-0.15, -0.1) is 0 Å². The minimum Gasteiger partial charge on any atom is -0.474 e. The number of carbonyl (C=O) groups excluding carboxylic acids is 4. The van der Waals surface area contributed by atoms with Crippen LogP contribution in [0.15, 0.2) is 49.1 Å². The summed E-state index contributed by atoms with van der Waals surface area (Å²) in [5.74, 6) is 0.122. The molecule has 4 aliphatic rings. The topological polar surface area (TPSA) is 263 Å². The molecular weight excluding hydrogens is 911 g/mol. The van der Waals surface area contributed by atoms with E-state index in [9.17, 15) is 19.2 Å². The second-order valence-electron chi connectivity index (χ2n) is 17.1. The van der Waals surface area contributed by atoms with Gasteiger partial charge in [0.05, 0.1) is 37.3 Å². The Morgan fingerprint density at radius 3 is 1.46 bits per heavy atom. The van der Waals surface area contributed by atoms with Crippen LogP contribution in [0, 0.1) is 11.6 Å². The molecule has 20 nitrogen and oxygen atoms in total. The number of fused-ring (bicyclic) bond motifs is 4. The zero-order chi connectivity index (χ0) is 49.4. The fourth-order valence-corrected chi connectivity index (χ4v) is 8.99. The molecule has 4 amide bonds. The van der Waals surface area contributed by atoms with Crippen molar-refractivity contribution in [1.82, 2.24) is 29.7 Å². The number of nitrogen functional groups attached to an aromatic ring is 2. The van der Waals surface area contributed by atoms with Crippen LogP contribution in [0.3, 0.4) is 0 Å². The van der Waals surface area contributed by atoms with Crippen molar-refractivity contribution in [2.45, 2.75) is 51.7 Å². The van der Waals surface area contributed by atoms with Crippen molar-refractivity contribution in [2.75, 3.05) is 86.2 Å². The van der Waals surface area contributed by atoms with E-state index in [0.717, 1.165) is 22.5 Å². The first-order valence-electron chi connectivity index (χ1n) is 22.7. The third-order valence-electron chi connectivity index (χ3n) is 12.5. The number of aromatic nitrogens is 4. The standard InChI is InChI=1S/2C24H25FN6O4/c2*1-3-14-17(10-29-23-22(14)27-4-5-34-23)15-6-12-7-18(28-9-16(12)21(26)20(15)25)30-24(33)35-13-8-19(32)31(2)11-13/h2*6-7,9-10,13,27H,3-5,8,11,26H2,1-2H3,(H,28,30,33)/t2*13-/m10/s1. The number of nitrogens with one attached hydrogen (secondary N) is 4. The quantitative estimate of drug-likeness (QED) is 0.0911. The average Bonchev–Trinajstić information content (AvgIpc) is 3.85. The van der Waals surface area contributed by atoms with Gasteiger partial charge in [0.2, 0.25) is 23.6 Å². The summed E-state index contributed by atoms with van der Waals surface area (Å²) in [5, 5.41) is 13.7. The van der Waals surface area contributed by atoms with Crippen LogP contribution in [-0.2, 0) is 31.9 Å². The van der Waals surface area contributed by atoms with Gasteiger partial charge in [-0.1, -0.05) is 13.8 Å². The SMILES string of the molecule is CCc1c(-c2cc3cc(NC(=O)O[C@@H]4CC(=O)N(C)C4)ncc3c(N)c2F)cnc2c1NCCO2.CCc1c(-c2cc3cc(NC(=O)O[C@H]4CC(=O)N(C)C4)ncc3c(N)c2F)cnc2c1NCCO2. The van der Waals surface area contributed by atoms with Crippen LogP contribution in [0.5, 0.6) is 11.8 Å². The third kappa shape index (κ3) is 9.18. The number of ether oxygens (including phenoxy) is 4. The van der Waals surface area contributed by atoms with Gasteiger partial charge in [0, 0.05) is 85.0 Å². The molecule has 2 fully saturated rings. The van der Waals surface area contributed by atoms with E-state index in [1.54, 1.807) is 50.8 Å². The summed E-state index contributed by atoms with van der Waals surface area (Å²) < 4.78 is 52.7. The molecule has 0 aliphatic carbocycles. The Morgan fingerprint density at radius 1 is 0.671 bits per heavy atom. The average molecular weight is 961 g/mol. The van der Waals surface area contributed by atoms with Crippen LogP contribution in [0.25, 0.3) is 43.8 Å². The van der Waals surface area contributed by atoms with Crippen LogP contribution in [0.2, 0.25) is 0 Å². The molecule has 0 radical (unpaired) electrons. The van der Waals surface area contributed by atoms with E-state index in [-0.39, 0.29) is 47.7 Å². The van der Waals surface area contributed by atoms with Crippen LogP contribution < -0.4 is 42.2 Å². The summed E-state index contributed by atoms with van der Waals surface area (Å²) in [6, 6.07) is 6.52. The van der Waals surface area contributed by atoms with Crippen molar-refractivity contribution in [3.8, 4) is 34.0 Å². The zero-order valence-corrected chi connectivity index (χ0v) is 38.7. The molecule has 2 saturated heterocycles. The number of nitrogens with zero attached hydrogens (tertiary/aromatic N) is 6. The number of likely N-dealkylation sites (tertiary alicyclic amines) is 2. The summed E-state index contributed by atoms with van der Waals surface area (Å²) in [4.78, 5) is 68.1. The van der Waals surface area contributed by atoms with Gasteiger partial charge in [-0.25, -0.2) is 38.3 Å². The number of carbonyl (C=O) groups is 4.